The minimum Gasteiger partial charge on any atom is -0.302 e. The van der Waals surface area contributed by atoms with Gasteiger partial charge in [0.1, 0.15) is 0 Å². The molecule has 1 unspecified atom stereocenters. The Morgan fingerprint density at radius 3 is 3.00 bits per heavy atom. The van der Waals surface area contributed by atoms with E-state index < -0.39 is 0 Å². The molecule has 0 aromatic heterocycles. The largest absolute Gasteiger partial charge is 0.302 e. The first-order valence-electron chi connectivity index (χ1n) is 4.51. The Bertz CT molecular complexity index is 367. The molecule has 1 aromatic carbocycles. The van der Waals surface area contributed by atoms with Gasteiger partial charge in [-0.2, -0.15) is 0 Å². The van der Waals surface area contributed by atoms with Crippen molar-refractivity contribution in [2.75, 3.05) is 3.11 Å². The van der Waals surface area contributed by atoms with Crippen LogP contribution < -0.4 is 8.43 Å². The quantitative estimate of drug-likeness (QED) is 0.586. The number of hydrogen-bond acceptors (Lipinski definition) is 2. The van der Waals surface area contributed by atoms with Crippen molar-refractivity contribution in [2.45, 2.75) is 19.5 Å². The summed E-state index contributed by atoms with van der Waals surface area (Å²) in [6.07, 6.45) is 0. The third-order valence-corrected chi connectivity index (χ3v) is 3.36. The molecular formula is C10H11IN2O. The molecular weight excluding hydrogens is 291 g/mol. The Hall–Kier alpha value is -0.620. The van der Waals surface area contributed by atoms with Crippen LogP contribution in [0.4, 0.5) is 5.69 Å². The highest BCUT2D eigenvalue weighted by Crippen LogP contribution is 2.26. The molecule has 1 amide bonds. The van der Waals surface area contributed by atoms with Crippen LogP contribution in [0.5, 0.6) is 0 Å². The number of fused-ring (bicyclic) bond motifs is 1. The lowest BCUT2D eigenvalue weighted by atomic mass is 10.2. The second-order valence-electron chi connectivity index (χ2n) is 3.35. The second kappa shape index (κ2) is 3.86. The molecule has 14 heavy (non-hydrogen) atoms. The Morgan fingerprint density at radius 1 is 1.50 bits per heavy atom. The highest BCUT2D eigenvalue weighted by molar-refractivity contribution is 14.1. The highest BCUT2D eigenvalue weighted by Gasteiger charge is 2.24. The zero-order valence-corrected chi connectivity index (χ0v) is 9.98. The van der Waals surface area contributed by atoms with E-state index in [1.54, 1.807) is 3.11 Å². The fourth-order valence-corrected chi connectivity index (χ4v) is 2.38. The molecule has 0 aliphatic carbocycles. The normalized spacial score (nSPS) is 21.7. The molecule has 0 bridgehead atoms. The van der Waals surface area contributed by atoms with Gasteiger partial charge < -0.3 is 5.32 Å². The summed E-state index contributed by atoms with van der Waals surface area (Å²) in [5.74, 6) is 0.107. The monoisotopic (exact) mass is 302 g/mol. The zero-order chi connectivity index (χ0) is 10.1. The van der Waals surface area contributed by atoms with Gasteiger partial charge in [0.25, 0.3) is 5.91 Å². The molecule has 0 fully saturated rings. The average molecular weight is 302 g/mol. The Morgan fingerprint density at radius 2 is 2.21 bits per heavy atom. The zero-order valence-electron chi connectivity index (χ0n) is 7.83. The molecule has 1 atom stereocenters. The molecule has 2 rings (SSSR count). The first-order valence-corrected chi connectivity index (χ1v) is 5.47. The van der Waals surface area contributed by atoms with Crippen molar-refractivity contribution in [1.29, 1.82) is 0 Å². The fourth-order valence-electron chi connectivity index (χ4n) is 1.49. The van der Waals surface area contributed by atoms with Crippen molar-refractivity contribution in [1.82, 2.24) is 5.32 Å². The minimum atomic E-state index is -0.112. The summed E-state index contributed by atoms with van der Waals surface area (Å²) in [6.45, 7) is 2.64. The van der Waals surface area contributed by atoms with Crippen LogP contribution in [-0.4, -0.2) is 11.9 Å². The van der Waals surface area contributed by atoms with Crippen molar-refractivity contribution in [3.8, 4) is 0 Å². The molecule has 74 valence electrons. The van der Waals surface area contributed by atoms with E-state index in [2.05, 4.69) is 28.2 Å². The molecule has 1 aliphatic rings. The van der Waals surface area contributed by atoms with E-state index in [-0.39, 0.29) is 11.9 Å². The third kappa shape index (κ3) is 1.64. The van der Waals surface area contributed by atoms with Gasteiger partial charge in [-0.1, -0.05) is 18.2 Å². The number of rotatable bonds is 0. The number of carbonyl (C=O) groups is 1. The predicted octanol–water partition coefficient (Wildman–Crippen LogP) is 1.86. The highest BCUT2D eigenvalue weighted by atomic mass is 127. The van der Waals surface area contributed by atoms with Gasteiger partial charge in [0.05, 0.1) is 34.6 Å². The first kappa shape index (κ1) is 9.92. The van der Waals surface area contributed by atoms with Crippen molar-refractivity contribution in [3.63, 3.8) is 0 Å². The van der Waals surface area contributed by atoms with Crippen molar-refractivity contribution < 1.29 is 4.79 Å². The molecule has 1 aromatic rings. The van der Waals surface area contributed by atoms with E-state index in [0.717, 1.165) is 12.2 Å². The van der Waals surface area contributed by atoms with E-state index >= 15 is 0 Å². The molecule has 1 heterocycles. The van der Waals surface area contributed by atoms with Crippen LogP contribution >= 0.6 is 22.9 Å². The van der Waals surface area contributed by atoms with Gasteiger partial charge in [-0.15, -0.1) is 0 Å². The van der Waals surface area contributed by atoms with Crippen LogP contribution in [0.3, 0.4) is 0 Å². The lowest BCUT2D eigenvalue weighted by Gasteiger charge is -2.16. The summed E-state index contributed by atoms with van der Waals surface area (Å²) in [6, 6.07) is 7.84. The summed E-state index contributed by atoms with van der Waals surface area (Å²) in [7, 11) is 0. The van der Waals surface area contributed by atoms with Crippen LogP contribution in [0.25, 0.3) is 0 Å². The maximum Gasteiger partial charge on any atom is 0.252 e. The number of carbonyl (C=O) groups excluding carboxylic acids is 1. The van der Waals surface area contributed by atoms with Crippen LogP contribution in [0.1, 0.15) is 12.5 Å². The Balaban J connectivity index is 2.45. The molecule has 0 spiro atoms. The van der Waals surface area contributed by atoms with Gasteiger partial charge in [-0.3, -0.25) is 7.91 Å². The van der Waals surface area contributed by atoms with E-state index in [1.165, 1.54) is 5.56 Å². The van der Waals surface area contributed by atoms with Gasteiger partial charge in [0, 0.05) is 6.54 Å². The van der Waals surface area contributed by atoms with Crippen LogP contribution in [0, 0.1) is 0 Å². The number of halogens is 1. The number of hydrogen-bond donors (Lipinski definition) is 1. The Kier molecular flexibility index (Phi) is 2.73. The topological polar surface area (TPSA) is 32.3 Å². The van der Waals surface area contributed by atoms with E-state index in [9.17, 15) is 4.79 Å². The van der Waals surface area contributed by atoms with Gasteiger partial charge in [-0.05, 0) is 18.6 Å². The lowest BCUT2D eigenvalue weighted by molar-refractivity contribution is -0.118. The number of nitrogens with one attached hydrogen (secondary N) is 1. The standard InChI is InChI=1S/C10H11IN2O/c1-7-10(14)13(11)9-5-3-2-4-8(9)6-12-7/h2-5,7,12H,6H2,1H3. The summed E-state index contributed by atoms with van der Waals surface area (Å²) >= 11 is 2.06. The molecule has 0 saturated heterocycles. The molecule has 4 heteroatoms. The minimum absolute atomic E-state index is 0.107. The molecule has 0 radical (unpaired) electrons. The van der Waals surface area contributed by atoms with Gasteiger partial charge in [-0.25, -0.2) is 0 Å². The maximum atomic E-state index is 11.8. The number of anilines is 1. The summed E-state index contributed by atoms with van der Waals surface area (Å²) in [5.41, 5.74) is 2.16. The molecule has 3 nitrogen and oxygen atoms in total. The lowest BCUT2D eigenvalue weighted by Crippen LogP contribution is -2.37. The van der Waals surface area contributed by atoms with E-state index in [1.807, 2.05) is 31.2 Å². The number of nitrogens with zero attached hydrogens (tertiary/aromatic N) is 1. The summed E-state index contributed by atoms with van der Waals surface area (Å²) in [4.78, 5) is 11.8. The number of amides is 1. The van der Waals surface area contributed by atoms with Gasteiger partial charge >= 0.3 is 0 Å². The maximum absolute atomic E-state index is 11.8. The molecule has 1 aliphatic heterocycles. The third-order valence-electron chi connectivity index (χ3n) is 2.37. The predicted molar refractivity (Wildman–Crippen MR) is 64.2 cm³/mol. The van der Waals surface area contributed by atoms with Gasteiger partial charge in [0.2, 0.25) is 0 Å². The number of benzene rings is 1. The van der Waals surface area contributed by atoms with Crippen LogP contribution in [0.2, 0.25) is 0 Å². The van der Waals surface area contributed by atoms with Crippen LogP contribution in [-0.2, 0) is 11.3 Å². The second-order valence-corrected chi connectivity index (χ2v) is 4.32. The molecule has 0 saturated carbocycles. The SMILES string of the molecule is CC1NCc2ccccc2N(I)C1=O. The Labute approximate surface area is 97.0 Å². The van der Waals surface area contributed by atoms with Crippen molar-refractivity contribution in [3.05, 3.63) is 29.8 Å². The average Bonchev–Trinajstić information content (AvgIpc) is 2.32. The smallest absolute Gasteiger partial charge is 0.252 e. The fraction of sp³-hybridized carbons (Fsp3) is 0.300. The summed E-state index contributed by atoms with van der Waals surface area (Å²) in [5, 5.41) is 3.18. The van der Waals surface area contributed by atoms with E-state index in [0.29, 0.717) is 0 Å². The first-order chi connectivity index (χ1) is 6.70. The van der Waals surface area contributed by atoms with Crippen molar-refractivity contribution in [2.24, 2.45) is 0 Å². The number of para-hydroxylation sites is 1. The van der Waals surface area contributed by atoms with Crippen molar-refractivity contribution >= 4 is 34.5 Å². The van der Waals surface area contributed by atoms with E-state index in [4.69, 9.17) is 0 Å². The summed E-state index contributed by atoms with van der Waals surface area (Å²) < 4.78 is 1.69. The van der Waals surface area contributed by atoms with Gasteiger partial charge in [0.15, 0.2) is 0 Å². The van der Waals surface area contributed by atoms with Crippen LogP contribution in [0.15, 0.2) is 24.3 Å². The molecule has 1 N–H and O–H groups in total.